The lowest BCUT2D eigenvalue weighted by atomic mass is 9.88. The second kappa shape index (κ2) is 4.34. The Kier molecular flexibility index (Phi) is 2.93. The van der Waals surface area contributed by atoms with E-state index in [0.717, 1.165) is 23.6 Å². The van der Waals surface area contributed by atoms with Crippen molar-refractivity contribution in [1.29, 1.82) is 0 Å². The molecule has 4 heteroatoms. The molecular weight excluding hydrogens is 226 g/mol. The second-order valence-electron chi connectivity index (χ2n) is 6.93. The highest BCUT2D eigenvalue weighted by Crippen LogP contribution is 2.52. The summed E-state index contributed by atoms with van der Waals surface area (Å²) in [4.78, 5) is 4.57. The molecule has 4 nitrogen and oxygen atoms in total. The molecule has 2 aliphatic carbocycles. The Morgan fingerprint density at radius 1 is 1.28 bits per heavy atom. The summed E-state index contributed by atoms with van der Waals surface area (Å²) in [5, 5.41) is 7.57. The SMILES string of the molecule is CC(C)(C)NCc1nc(C2CC3CCC2C3)no1. The molecule has 0 radical (unpaired) electrons. The third-order valence-electron chi connectivity index (χ3n) is 4.32. The third kappa shape index (κ3) is 2.44. The minimum atomic E-state index is 0.0844. The van der Waals surface area contributed by atoms with Crippen LogP contribution in [0, 0.1) is 11.8 Å². The molecule has 1 aromatic heterocycles. The summed E-state index contributed by atoms with van der Waals surface area (Å²) in [6.45, 7) is 7.08. The van der Waals surface area contributed by atoms with Gasteiger partial charge in [0.2, 0.25) is 5.89 Å². The van der Waals surface area contributed by atoms with E-state index < -0.39 is 0 Å². The summed E-state index contributed by atoms with van der Waals surface area (Å²) in [5.41, 5.74) is 0.0844. The highest BCUT2D eigenvalue weighted by atomic mass is 16.5. The highest BCUT2D eigenvalue weighted by molar-refractivity contribution is 5.06. The van der Waals surface area contributed by atoms with E-state index in [1.165, 1.54) is 25.7 Å². The maximum atomic E-state index is 5.36. The van der Waals surface area contributed by atoms with E-state index in [1.807, 2.05) is 0 Å². The molecular formula is C14H23N3O. The Morgan fingerprint density at radius 3 is 2.72 bits per heavy atom. The fraction of sp³-hybridized carbons (Fsp3) is 0.857. The van der Waals surface area contributed by atoms with Crippen molar-refractivity contribution in [2.45, 2.75) is 64.5 Å². The van der Waals surface area contributed by atoms with Gasteiger partial charge in [0.05, 0.1) is 6.54 Å². The van der Waals surface area contributed by atoms with Crippen molar-refractivity contribution < 1.29 is 4.52 Å². The second-order valence-corrected chi connectivity index (χ2v) is 6.93. The molecule has 3 atom stereocenters. The molecule has 2 fully saturated rings. The van der Waals surface area contributed by atoms with Gasteiger partial charge in [0.15, 0.2) is 5.82 Å². The van der Waals surface area contributed by atoms with E-state index in [1.54, 1.807) is 0 Å². The largest absolute Gasteiger partial charge is 0.338 e. The maximum absolute atomic E-state index is 5.36. The Morgan fingerprint density at radius 2 is 2.11 bits per heavy atom. The van der Waals surface area contributed by atoms with Gasteiger partial charge in [-0.15, -0.1) is 0 Å². The Labute approximate surface area is 109 Å². The normalized spacial score (nSPS) is 31.2. The van der Waals surface area contributed by atoms with Gasteiger partial charge in [-0.05, 0) is 51.9 Å². The lowest BCUT2D eigenvalue weighted by Gasteiger charge is -2.19. The molecule has 2 aliphatic rings. The van der Waals surface area contributed by atoms with Crippen LogP contribution >= 0.6 is 0 Å². The van der Waals surface area contributed by atoms with Crippen LogP contribution in [-0.4, -0.2) is 15.7 Å². The van der Waals surface area contributed by atoms with E-state index in [0.29, 0.717) is 12.5 Å². The van der Waals surface area contributed by atoms with E-state index >= 15 is 0 Å². The zero-order valence-electron chi connectivity index (χ0n) is 11.6. The molecule has 0 aromatic carbocycles. The lowest BCUT2D eigenvalue weighted by molar-refractivity contribution is 0.326. The summed E-state index contributed by atoms with van der Waals surface area (Å²) in [5.74, 6) is 3.98. The minimum absolute atomic E-state index is 0.0844. The van der Waals surface area contributed by atoms with Gasteiger partial charge in [0, 0.05) is 11.5 Å². The summed E-state index contributed by atoms with van der Waals surface area (Å²) in [6, 6.07) is 0. The van der Waals surface area contributed by atoms with E-state index in [4.69, 9.17) is 4.52 Å². The van der Waals surface area contributed by atoms with Crippen molar-refractivity contribution in [2.24, 2.45) is 11.8 Å². The van der Waals surface area contributed by atoms with Gasteiger partial charge in [-0.25, -0.2) is 0 Å². The minimum Gasteiger partial charge on any atom is -0.338 e. The van der Waals surface area contributed by atoms with Crippen molar-refractivity contribution in [2.75, 3.05) is 0 Å². The molecule has 3 rings (SSSR count). The molecule has 1 aromatic rings. The zero-order valence-corrected chi connectivity index (χ0v) is 11.6. The van der Waals surface area contributed by atoms with Crippen LogP contribution < -0.4 is 5.32 Å². The van der Waals surface area contributed by atoms with Crippen LogP contribution in [-0.2, 0) is 6.54 Å². The van der Waals surface area contributed by atoms with Crippen molar-refractivity contribution in [3.63, 3.8) is 0 Å². The molecule has 18 heavy (non-hydrogen) atoms. The topological polar surface area (TPSA) is 51.0 Å². The van der Waals surface area contributed by atoms with Gasteiger partial charge in [-0.3, -0.25) is 0 Å². The maximum Gasteiger partial charge on any atom is 0.240 e. The van der Waals surface area contributed by atoms with E-state index in [-0.39, 0.29) is 5.54 Å². The van der Waals surface area contributed by atoms with Gasteiger partial charge in [0.25, 0.3) is 0 Å². The van der Waals surface area contributed by atoms with Crippen LogP contribution in [0.4, 0.5) is 0 Å². The Bertz CT molecular complexity index is 421. The first kappa shape index (κ1) is 12.2. The highest BCUT2D eigenvalue weighted by Gasteiger charge is 2.42. The predicted octanol–water partition coefficient (Wildman–Crippen LogP) is 2.86. The van der Waals surface area contributed by atoms with Gasteiger partial charge in [-0.2, -0.15) is 4.98 Å². The first-order chi connectivity index (χ1) is 8.51. The Balaban J connectivity index is 1.63. The number of hydrogen-bond donors (Lipinski definition) is 1. The molecule has 3 unspecified atom stereocenters. The average molecular weight is 249 g/mol. The lowest BCUT2D eigenvalue weighted by Crippen LogP contribution is -2.35. The monoisotopic (exact) mass is 249 g/mol. The van der Waals surface area contributed by atoms with Crippen molar-refractivity contribution in [3.05, 3.63) is 11.7 Å². The van der Waals surface area contributed by atoms with Crippen LogP contribution in [0.2, 0.25) is 0 Å². The van der Waals surface area contributed by atoms with Crippen LogP contribution in [0.25, 0.3) is 0 Å². The molecule has 100 valence electrons. The summed E-state index contributed by atoms with van der Waals surface area (Å²) < 4.78 is 5.36. The van der Waals surface area contributed by atoms with Crippen LogP contribution in [0.3, 0.4) is 0 Å². The fourth-order valence-electron chi connectivity index (χ4n) is 3.39. The van der Waals surface area contributed by atoms with Crippen LogP contribution in [0.15, 0.2) is 4.52 Å². The standard InChI is InChI=1S/C14H23N3O/c1-14(2,3)15-8-12-16-13(17-18-12)11-7-9-4-5-10(11)6-9/h9-11,15H,4-8H2,1-3H3. The van der Waals surface area contributed by atoms with Crippen molar-refractivity contribution in [3.8, 4) is 0 Å². The smallest absolute Gasteiger partial charge is 0.240 e. The quantitative estimate of drug-likeness (QED) is 0.895. The van der Waals surface area contributed by atoms with E-state index in [9.17, 15) is 0 Å². The number of nitrogens with one attached hydrogen (secondary N) is 1. The number of rotatable bonds is 3. The molecule has 0 spiro atoms. The first-order valence-corrected chi connectivity index (χ1v) is 7.09. The summed E-state index contributed by atoms with van der Waals surface area (Å²) in [6.07, 6.45) is 5.43. The van der Waals surface area contributed by atoms with Gasteiger partial charge in [0.1, 0.15) is 0 Å². The van der Waals surface area contributed by atoms with Crippen molar-refractivity contribution >= 4 is 0 Å². The van der Waals surface area contributed by atoms with E-state index in [2.05, 4.69) is 36.2 Å². The molecule has 0 amide bonds. The molecule has 1 N–H and O–H groups in total. The molecule has 0 saturated heterocycles. The first-order valence-electron chi connectivity index (χ1n) is 7.09. The third-order valence-corrected chi connectivity index (χ3v) is 4.32. The van der Waals surface area contributed by atoms with Crippen LogP contribution in [0.1, 0.15) is 64.1 Å². The number of fused-ring (bicyclic) bond motifs is 2. The summed E-state index contributed by atoms with van der Waals surface area (Å²) >= 11 is 0. The van der Waals surface area contributed by atoms with Crippen molar-refractivity contribution in [1.82, 2.24) is 15.5 Å². The number of nitrogens with zero attached hydrogens (tertiary/aromatic N) is 2. The summed E-state index contributed by atoms with van der Waals surface area (Å²) in [7, 11) is 0. The number of aromatic nitrogens is 2. The predicted molar refractivity (Wildman–Crippen MR) is 69.1 cm³/mol. The molecule has 0 aliphatic heterocycles. The average Bonchev–Trinajstić information content (AvgIpc) is 3.01. The molecule has 2 saturated carbocycles. The van der Waals surface area contributed by atoms with Gasteiger partial charge >= 0.3 is 0 Å². The Hall–Kier alpha value is -0.900. The zero-order chi connectivity index (χ0) is 12.8. The molecule has 1 heterocycles. The van der Waals surface area contributed by atoms with Gasteiger partial charge < -0.3 is 9.84 Å². The molecule has 2 bridgehead atoms. The van der Waals surface area contributed by atoms with Gasteiger partial charge in [-0.1, -0.05) is 11.6 Å². The number of hydrogen-bond acceptors (Lipinski definition) is 4. The van der Waals surface area contributed by atoms with Crippen LogP contribution in [0.5, 0.6) is 0 Å². The fourth-order valence-corrected chi connectivity index (χ4v) is 3.39.